The van der Waals surface area contributed by atoms with E-state index in [2.05, 4.69) is 5.32 Å². The highest BCUT2D eigenvalue weighted by Crippen LogP contribution is 2.16. The number of hydrogen-bond donors (Lipinski definition) is 1. The molecule has 0 aromatic carbocycles. The molecule has 1 N–H and O–H groups in total. The smallest absolute Gasteiger partial charge is 0.310 e. The van der Waals surface area contributed by atoms with Crippen molar-refractivity contribution in [3.63, 3.8) is 0 Å². The summed E-state index contributed by atoms with van der Waals surface area (Å²) in [5, 5.41) is 3.23. The van der Waals surface area contributed by atoms with Crippen LogP contribution >= 0.6 is 0 Å². The first-order chi connectivity index (χ1) is 7.40. The van der Waals surface area contributed by atoms with Gasteiger partial charge in [0.2, 0.25) is 0 Å². The molecule has 0 aromatic rings. The normalized spacial score (nSPS) is 25.8. The van der Waals surface area contributed by atoms with Crippen molar-refractivity contribution in [2.24, 2.45) is 5.92 Å². The lowest BCUT2D eigenvalue weighted by atomic mass is 10.0. The van der Waals surface area contributed by atoms with Crippen LogP contribution in [0.15, 0.2) is 0 Å². The zero-order chi connectivity index (χ0) is 12.2. The molecule has 1 saturated heterocycles. The maximum absolute atomic E-state index is 11.7. The molecule has 16 heavy (non-hydrogen) atoms. The highest BCUT2D eigenvalue weighted by atomic mass is 16.6. The van der Waals surface area contributed by atoms with Crippen molar-refractivity contribution in [1.29, 1.82) is 0 Å². The van der Waals surface area contributed by atoms with E-state index in [0.717, 1.165) is 13.0 Å². The van der Waals surface area contributed by atoms with Crippen LogP contribution in [0, 0.1) is 5.92 Å². The lowest BCUT2D eigenvalue weighted by Gasteiger charge is -2.20. The van der Waals surface area contributed by atoms with Gasteiger partial charge in [-0.1, -0.05) is 0 Å². The predicted octanol–water partition coefficient (Wildman–Crippen LogP) is 1.34. The Morgan fingerprint density at radius 2 is 2.06 bits per heavy atom. The van der Waals surface area contributed by atoms with Crippen LogP contribution < -0.4 is 5.32 Å². The molecule has 1 heterocycles. The van der Waals surface area contributed by atoms with Crippen LogP contribution in [0.4, 0.5) is 0 Å². The van der Waals surface area contributed by atoms with Gasteiger partial charge in [-0.15, -0.1) is 0 Å². The van der Waals surface area contributed by atoms with Crippen LogP contribution in [-0.2, 0) is 14.3 Å². The zero-order valence-electron chi connectivity index (χ0n) is 10.7. The van der Waals surface area contributed by atoms with E-state index in [1.165, 1.54) is 0 Å². The molecule has 0 aliphatic carbocycles. The quantitative estimate of drug-likeness (QED) is 0.584. The zero-order valence-corrected chi connectivity index (χ0v) is 10.7. The Hall–Kier alpha value is -0.610. The maximum Gasteiger partial charge on any atom is 0.310 e. The summed E-state index contributed by atoms with van der Waals surface area (Å²) in [5.41, 5.74) is -0.172. The third kappa shape index (κ3) is 4.49. The summed E-state index contributed by atoms with van der Waals surface area (Å²) >= 11 is 0. The number of hydrogen-bond acceptors (Lipinski definition) is 4. The lowest BCUT2D eigenvalue weighted by Crippen LogP contribution is -2.30. The largest absolute Gasteiger partial charge is 0.463 e. The number of ether oxygens (including phenoxy) is 2. The third-order valence-corrected chi connectivity index (χ3v) is 2.69. The summed E-state index contributed by atoms with van der Waals surface area (Å²) in [6.07, 6.45) is 0.875. The van der Waals surface area contributed by atoms with E-state index in [9.17, 15) is 4.79 Å². The Labute approximate surface area is 97.7 Å². The summed E-state index contributed by atoms with van der Waals surface area (Å²) in [7, 11) is 0. The second-order valence-electron chi connectivity index (χ2n) is 5.27. The van der Waals surface area contributed by atoms with Crippen molar-refractivity contribution in [3.05, 3.63) is 0 Å². The van der Waals surface area contributed by atoms with Gasteiger partial charge in [0.1, 0.15) is 6.61 Å². The highest BCUT2D eigenvalue weighted by molar-refractivity contribution is 5.73. The molecular weight excluding hydrogens is 206 g/mol. The van der Waals surface area contributed by atoms with E-state index in [-0.39, 0.29) is 23.5 Å². The number of carbonyl (C=O) groups excluding carboxylic acids is 1. The van der Waals surface area contributed by atoms with Gasteiger partial charge in [0, 0.05) is 6.04 Å². The molecule has 0 aromatic heterocycles. The van der Waals surface area contributed by atoms with E-state index in [4.69, 9.17) is 9.47 Å². The topological polar surface area (TPSA) is 47.6 Å². The SMILES string of the molecule is CC1NCCC1C(=O)OCCOC(C)(C)C. The molecule has 2 unspecified atom stereocenters. The fourth-order valence-electron chi connectivity index (χ4n) is 1.78. The molecule has 0 saturated carbocycles. The fourth-order valence-corrected chi connectivity index (χ4v) is 1.78. The molecule has 0 spiro atoms. The van der Waals surface area contributed by atoms with Gasteiger partial charge in [0.15, 0.2) is 0 Å². The Kier molecular flexibility index (Phi) is 4.74. The Morgan fingerprint density at radius 1 is 1.38 bits per heavy atom. The van der Waals surface area contributed by atoms with Gasteiger partial charge < -0.3 is 14.8 Å². The first-order valence-electron chi connectivity index (χ1n) is 5.94. The molecule has 0 radical (unpaired) electrons. The van der Waals surface area contributed by atoms with Crippen LogP contribution in [0.5, 0.6) is 0 Å². The molecule has 1 aliphatic rings. The van der Waals surface area contributed by atoms with Gasteiger partial charge in [0.05, 0.1) is 18.1 Å². The second-order valence-corrected chi connectivity index (χ2v) is 5.27. The van der Waals surface area contributed by atoms with Gasteiger partial charge in [0.25, 0.3) is 0 Å². The van der Waals surface area contributed by atoms with E-state index in [0.29, 0.717) is 13.2 Å². The van der Waals surface area contributed by atoms with Gasteiger partial charge in [-0.3, -0.25) is 4.79 Å². The standard InChI is InChI=1S/C12H23NO3/c1-9-10(5-6-13-9)11(14)15-7-8-16-12(2,3)4/h9-10,13H,5-8H2,1-4H3. The minimum absolute atomic E-state index is 0.00892. The molecule has 94 valence electrons. The molecular formula is C12H23NO3. The average Bonchev–Trinajstić information content (AvgIpc) is 2.57. The maximum atomic E-state index is 11.7. The average molecular weight is 229 g/mol. The molecule has 4 nitrogen and oxygen atoms in total. The Morgan fingerprint density at radius 3 is 2.56 bits per heavy atom. The van der Waals surface area contributed by atoms with E-state index in [1.807, 2.05) is 27.7 Å². The summed E-state index contributed by atoms with van der Waals surface area (Å²) in [5.74, 6) is -0.0929. The van der Waals surface area contributed by atoms with Crippen molar-refractivity contribution >= 4 is 5.97 Å². The monoisotopic (exact) mass is 229 g/mol. The summed E-state index contributed by atoms with van der Waals surface area (Å²) in [6, 6.07) is 0.232. The molecule has 2 atom stereocenters. The fraction of sp³-hybridized carbons (Fsp3) is 0.917. The summed E-state index contributed by atoms with van der Waals surface area (Å²) in [4.78, 5) is 11.7. The second kappa shape index (κ2) is 5.64. The Bertz CT molecular complexity index is 235. The third-order valence-electron chi connectivity index (χ3n) is 2.69. The predicted molar refractivity (Wildman–Crippen MR) is 62.2 cm³/mol. The van der Waals surface area contributed by atoms with E-state index < -0.39 is 0 Å². The number of nitrogens with one attached hydrogen (secondary N) is 1. The van der Waals surface area contributed by atoms with Crippen molar-refractivity contribution < 1.29 is 14.3 Å². The van der Waals surface area contributed by atoms with Gasteiger partial charge in [-0.2, -0.15) is 0 Å². The molecule has 1 aliphatic heterocycles. The summed E-state index contributed by atoms with van der Waals surface area (Å²) in [6.45, 7) is 9.68. The van der Waals surface area contributed by atoms with Gasteiger partial charge >= 0.3 is 5.97 Å². The van der Waals surface area contributed by atoms with Crippen molar-refractivity contribution in [1.82, 2.24) is 5.32 Å². The molecule has 1 rings (SSSR count). The molecule has 1 fully saturated rings. The molecule has 4 heteroatoms. The minimum Gasteiger partial charge on any atom is -0.463 e. The van der Waals surface area contributed by atoms with E-state index >= 15 is 0 Å². The van der Waals surface area contributed by atoms with Crippen LogP contribution in [0.2, 0.25) is 0 Å². The lowest BCUT2D eigenvalue weighted by molar-refractivity contribution is -0.151. The number of esters is 1. The summed E-state index contributed by atoms with van der Waals surface area (Å²) < 4.78 is 10.7. The van der Waals surface area contributed by atoms with Crippen molar-refractivity contribution in [2.45, 2.75) is 45.8 Å². The van der Waals surface area contributed by atoms with Crippen LogP contribution in [-0.4, -0.2) is 37.4 Å². The van der Waals surface area contributed by atoms with Crippen molar-refractivity contribution in [3.8, 4) is 0 Å². The van der Waals surface area contributed by atoms with Crippen LogP contribution in [0.3, 0.4) is 0 Å². The first-order valence-corrected chi connectivity index (χ1v) is 5.94. The number of rotatable bonds is 4. The number of carbonyl (C=O) groups is 1. The molecule has 0 amide bonds. The van der Waals surface area contributed by atoms with Gasteiger partial charge in [-0.25, -0.2) is 0 Å². The van der Waals surface area contributed by atoms with Gasteiger partial charge in [-0.05, 0) is 40.7 Å². The molecule has 0 bridgehead atoms. The van der Waals surface area contributed by atoms with Crippen LogP contribution in [0.1, 0.15) is 34.1 Å². The first kappa shape index (κ1) is 13.5. The van der Waals surface area contributed by atoms with Crippen LogP contribution in [0.25, 0.3) is 0 Å². The van der Waals surface area contributed by atoms with E-state index in [1.54, 1.807) is 0 Å². The highest BCUT2D eigenvalue weighted by Gasteiger charge is 2.30. The van der Waals surface area contributed by atoms with Crippen molar-refractivity contribution in [2.75, 3.05) is 19.8 Å². The minimum atomic E-state index is -0.172. The Balaban J connectivity index is 2.15.